The van der Waals surface area contributed by atoms with E-state index in [4.69, 9.17) is 4.74 Å². The van der Waals surface area contributed by atoms with Gasteiger partial charge in [0.2, 0.25) is 0 Å². The van der Waals surface area contributed by atoms with Gasteiger partial charge in [0.15, 0.2) is 0 Å². The number of rotatable bonds is 6. The molecular weight excluding hydrogens is 694 g/mol. The van der Waals surface area contributed by atoms with E-state index in [2.05, 4.69) is 102 Å². The lowest BCUT2D eigenvalue weighted by Gasteiger charge is -2.13. The maximum absolute atomic E-state index is 12.2. The lowest BCUT2D eigenvalue weighted by Crippen LogP contribution is -2.17. The summed E-state index contributed by atoms with van der Waals surface area (Å²) in [7, 11) is 0. The molecule has 0 radical (unpaired) electrons. The molecule has 0 atom stereocenters. The molecule has 0 aliphatic carbocycles. The number of halogens is 3. The fourth-order valence-corrected chi connectivity index (χ4v) is 5.58. The van der Waals surface area contributed by atoms with Crippen LogP contribution in [0, 0.1) is 7.14 Å². The molecule has 4 rings (SSSR count). The quantitative estimate of drug-likeness (QED) is 0.131. The number of hydrogen-bond acceptors (Lipinski definition) is 3. The Kier molecular flexibility index (Phi) is 7.80. The van der Waals surface area contributed by atoms with Crippen LogP contribution in [0.1, 0.15) is 21.5 Å². The number of ether oxygens (including phenoxy) is 1. The first-order valence-corrected chi connectivity index (χ1v) is 12.6. The molecule has 4 aromatic rings. The van der Waals surface area contributed by atoms with Crippen molar-refractivity contribution in [3.8, 4) is 5.75 Å². The van der Waals surface area contributed by atoms with Crippen molar-refractivity contribution in [2.24, 2.45) is 5.10 Å². The first-order chi connectivity index (χ1) is 15.5. The molecule has 1 amide bonds. The van der Waals surface area contributed by atoms with Gasteiger partial charge in [-0.05, 0) is 103 Å². The largest absolute Gasteiger partial charge is 0.487 e. The predicted molar refractivity (Wildman–Crippen MR) is 149 cm³/mol. The van der Waals surface area contributed by atoms with Crippen molar-refractivity contribution in [3.63, 3.8) is 0 Å². The SMILES string of the molecule is O=C(N/N=C/c1cc(I)c(OCc2cccc3ccccc23)c(I)c1)c1ccc(Br)cc1. The van der Waals surface area contributed by atoms with Gasteiger partial charge >= 0.3 is 0 Å². The summed E-state index contributed by atoms with van der Waals surface area (Å²) in [5.41, 5.74) is 5.14. The fourth-order valence-electron chi connectivity index (χ4n) is 3.19. The Labute approximate surface area is 221 Å². The number of hydrazone groups is 1. The Morgan fingerprint density at radius 1 is 0.969 bits per heavy atom. The minimum Gasteiger partial charge on any atom is -0.487 e. The Morgan fingerprint density at radius 2 is 1.66 bits per heavy atom. The molecule has 0 aliphatic rings. The molecule has 160 valence electrons. The van der Waals surface area contributed by atoms with Crippen molar-refractivity contribution in [1.29, 1.82) is 0 Å². The average Bonchev–Trinajstić information content (AvgIpc) is 2.79. The standard InChI is InChI=1S/C25H17BrI2N2O2/c26-20-10-8-18(9-11-20)25(31)30-29-14-16-12-22(27)24(23(28)13-16)32-15-19-6-3-5-17-4-1-2-7-21(17)19/h1-14H,15H2,(H,30,31)/b29-14+. The maximum atomic E-state index is 12.2. The zero-order valence-corrected chi connectivity index (χ0v) is 22.6. The molecule has 4 nitrogen and oxygen atoms in total. The van der Waals surface area contributed by atoms with Gasteiger partial charge in [-0.3, -0.25) is 4.79 Å². The van der Waals surface area contributed by atoms with Crippen molar-refractivity contribution < 1.29 is 9.53 Å². The Morgan fingerprint density at radius 3 is 2.41 bits per heavy atom. The Balaban J connectivity index is 1.44. The van der Waals surface area contributed by atoms with Crippen LogP contribution in [0.4, 0.5) is 0 Å². The maximum Gasteiger partial charge on any atom is 0.271 e. The summed E-state index contributed by atoms with van der Waals surface area (Å²) in [5.74, 6) is 0.586. The van der Waals surface area contributed by atoms with Gasteiger partial charge in [-0.15, -0.1) is 0 Å². The van der Waals surface area contributed by atoms with Crippen LogP contribution in [0.25, 0.3) is 10.8 Å². The minimum atomic E-state index is -0.256. The van der Waals surface area contributed by atoms with Crippen LogP contribution < -0.4 is 10.2 Å². The van der Waals surface area contributed by atoms with Crippen LogP contribution in [0.3, 0.4) is 0 Å². The van der Waals surface area contributed by atoms with Gasteiger partial charge in [0.25, 0.3) is 5.91 Å². The highest BCUT2D eigenvalue weighted by Gasteiger charge is 2.10. The summed E-state index contributed by atoms with van der Waals surface area (Å²) in [5, 5.41) is 6.50. The van der Waals surface area contributed by atoms with E-state index in [1.807, 2.05) is 36.4 Å². The van der Waals surface area contributed by atoms with Crippen molar-refractivity contribution in [2.75, 3.05) is 0 Å². The van der Waals surface area contributed by atoms with Crippen LogP contribution >= 0.6 is 61.1 Å². The highest BCUT2D eigenvalue weighted by molar-refractivity contribution is 14.1. The zero-order chi connectivity index (χ0) is 22.5. The molecule has 0 spiro atoms. The van der Waals surface area contributed by atoms with Gasteiger partial charge in [-0.2, -0.15) is 5.10 Å². The van der Waals surface area contributed by atoms with Crippen LogP contribution in [-0.2, 0) is 6.61 Å². The molecule has 0 bridgehead atoms. The lowest BCUT2D eigenvalue weighted by molar-refractivity contribution is 0.0955. The van der Waals surface area contributed by atoms with E-state index in [9.17, 15) is 4.79 Å². The first kappa shape index (κ1) is 23.2. The summed E-state index contributed by atoms with van der Waals surface area (Å²) in [6.45, 7) is 0.490. The smallest absolute Gasteiger partial charge is 0.271 e. The summed E-state index contributed by atoms with van der Waals surface area (Å²) in [6.07, 6.45) is 1.63. The number of carbonyl (C=O) groups is 1. The molecule has 0 aliphatic heterocycles. The topological polar surface area (TPSA) is 50.7 Å². The Bertz CT molecular complexity index is 1280. The first-order valence-electron chi connectivity index (χ1n) is 9.69. The normalized spacial score (nSPS) is 11.1. The number of amides is 1. The van der Waals surface area contributed by atoms with E-state index in [0.717, 1.165) is 28.5 Å². The van der Waals surface area contributed by atoms with Crippen LogP contribution in [0.2, 0.25) is 0 Å². The number of carbonyl (C=O) groups excluding carboxylic acids is 1. The highest BCUT2D eigenvalue weighted by Crippen LogP contribution is 2.30. The molecule has 0 aromatic heterocycles. The third kappa shape index (κ3) is 5.68. The number of benzene rings is 4. The third-order valence-corrected chi connectivity index (χ3v) is 6.89. The number of hydrogen-bond donors (Lipinski definition) is 1. The second kappa shape index (κ2) is 10.8. The van der Waals surface area contributed by atoms with Gasteiger partial charge in [0, 0.05) is 10.0 Å². The Hall–Kier alpha value is -1.98. The number of nitrogens with one attached hydrogen (secondary N) is 1. The van der Waals surface area contributed by atoms with Crippen molar-refractivity contribution in [3.05, 3.63) is 107 Å². The summed E-state index contributed by atoms with van der Waals surface area (Å²) >= 11 is 7.89. The molecule has 1 N–H and O–H groups in total. The van der Waals surface area contributed by atoms with E-state index in [-0.39, 0.29) is 5.91 Å². The fraction of sp³-hybridized carbons (Fsp3) is 0.0400. The molecule has 0 saturated carbocycles. The zero-order valence-electron chi connectivity index (χ0n) is 16.7. The van der Waals surface area contributed by atoms with Crippen LogP contribution in [0.5, 0.6) is 5.75 Å². The van der Waals surface area contributed by atoms with Gasteiger partial charge in [-0.1, -0.05) is 58.4 Å². The third-order valence-electron chi connectivity index (χ3n) is 4.76. The van der Waals surface area contributed by atoms with E-state index in [0.29, 0.717) is 12.2 Å². The van der Waals surface area contributed by atoms with E-state index in [1.165, 1.54) is 10.8 Å². The van der Waals surface area contributed by atoms with E-state index >= 15 is 0 Å². The summed E-state index contributed by atoms with van der Waals surface area (Å²) < 4.78 is 9.08. The van der Waals surface area contributed by atoms with Gasteiger partial charge in [0.1, 0.15) is 12.4 Å². The van der Waals surface area contributed by atoms with E-state index < -0.39 is 0 Å². The minimum absolute atomic E-state index is 0.256. The second-order valence-corrected chi connectivity index (χ2v) is 10.2. The second-order valence-electron chi connectivity index (χ2n) is 6.95. The average molecular weight is 711 g/mol. The predicted octanol–water partition coefficient (Wildman–Crippen LogP) is 7.15. The number of nitrogens with zero attached hydrogens (tertiary/aromatic N) is 1. The van der Waals surface area contributed by atoms with E-state index in [1.54, 1.807) is 18.3 Å². The van der Waals surface area contributed by atoms with Gasteiger partial charge in [0.05, 0.1) is 13.4 Å². The van der Waals surface area contributed by atoms with Crippen LogP contribution in [0.15, 0.2) is 88.4 Å². The highest BCUT2D eigenvalue weighted by atomic mass is 127. The van der Waals surface area contributed by atoms with Gasteiger partial charge < -0.3 is 4.74 Å². The molecule has 0 saturated heterocycles. The van der Waals surface area contributed by atoms with Crippen molar-refractivity contribution in [2.45, 2.75) is 6.61 Å². The molecule has 0 heterocycles. The molecule has 0 fully saturated rings. The van der Waals surface area contributed by atoms with Crippen molar-refractivity contribution in [1.82, 2.24) is 5.43 Å². The number of fused-ring (bicyclic) bond motifs is 1. The lowest BCUT2D eigenvalue weighted by atomic mass is 10.1. The summed E-state index contributed by atoms with van der Waals surface area (Å²) in [4.78, 5) is 12.2. The molecule has 32 heavy (non-hydrogen) atoms. The molecule has 7 heteroatoms. The van der Waals surface area contributed by atoms with Gasteiger partial charge in [-0.25, -0.2) is 5.43 Å². The monoisotopic (exact) mass is 710 g/mol. The molecular formula is C25H17BrI2N2O2. The molecule has 0 unspecified atom stereocenters. The molecule has 4 aromatic carbocycles. The van der Waals surface area contributed by atoms with Crippen molar-refractivity contribution >= 4 is 84.0 Å². The van der Waals surface area contributed by atoms with Crippen LogP contribution in [-0.4, -0.2) is 12.1 Å². The summed E-state index contributed by atoms with van der Waals surface area (Å²) in [6, 6.07) is 25.6.